The number of aryl methyl sites for hydroxylation is 4. The molecule has 0 radical (unpaired) electrons. The minimum absolute atomic E-state index is 0. The molecule has 160 valence electrons. The van der Waals surface area contributed by atoms with E-state index in [1.54, 1.807) is 0 Å². The fraction of sp³-hybridized carbons (Fsp3) is 0.385. The van der Waals surface area contributed by atoms with Crippen LogP contribution in [0.15, 0.2) is 53.6 Å². The van der Waals surface area contributed by atoms with Crippen molar-refractivity contribution < 1.29 is 58.9 Å². The number of hydrogen-bond donors (Lipinski definition) is 0. The molecule has 4 heteroatoms. The first kappa shape index (κ1) is 31.7. The van der Waals surface area contributed by atoms with Crippen molar-refractivity contribution in [3.8, 4) is 0 Å². The Balaban J connectivity index is 0. The maximum absolute atomic E-state index is 3.71. The van der Waals surface area contributed by atoms with Crippen molar-refractivity contribution in [2.45, 2.75) is 60.8 Å². The first-order valence-corrected chi connectivity index (χ1v) is 9.63. The molecule has 1 aliphatic carbocycles. The number of rotatable bonds is 3. The van der Waals surface area contributed by atoms with E-state index < -0.39 is 0 Å². The molecule has 0 aromatic heterocycles. The SMILES string of the molecule is Cc1cc(C)cc(C(C2=[C-]CC=C2C(C)(C)C)c2cc(C)cc(C)c2)c1.[Cl-].[Cl-].[Cl-].[Ti+4]. The average molecular weight is 498 g/mol. The van der Waals surface area contributed by atoms with Gasteiger partial charge in [0.05, 0.1) is 0 Å². The van der Waals surface area contributed by atoms with Gasteiger partial charge in [0.25, 0.3) is 0 Å². The Kier molecular flexibility index (Phi) is 13.2. The topological polar surface area (TPSA) is 0 Å². The molecule has 0 fully saturated rings. The van der Waals surface area contributed by atoms with E-state index in [1.807, 2.05) is 0 Å². The van der Waals surface area contributed by atoms with Gasteiger partial charge in [-0.25, -0.2) is 5.57 Å². The van der Waals surface area contributed by atoms with Crippen LogP contribution in [0.25, 0.3) is 0 Å². The normalized spacial score (nSPS) is 12.7. The van der Waals surface area contributed by atoms with Crippen LogP contribution >= 0.6 is 0 Å². The Bertz CT molecular complexity index is 813. The zero-order valence-corrected chi connectivity index (χ0v) is 22.8. The summed E-state index contributed by atoms with van der Waals surface area (Å²) < 4.78 is 0. The van der Waals surface area contributed by atoms with E-state index in [9.17, 15) is 0 Å². The quantitative estimate of drug-likeness (QED) is 0.346. The summed E-state index contributed by atoms with van der Waals surface area (Å²) in [5.74, 6) is 0.250. The standard InChI is InChI=1S/C26H31.3ClH.Ti/c1-17-11-18(2)14-21(13-17)25(22-15-19(3)12-20(4)16-22)23-9-8-10-24(23)26(5,6)7;;;;/h10-16,25H,8H2,1-7H3;3*1H;/q-1;;;;+4/p-3. The van der Waals surface area contributed by atoms with Gasteiger partial charge in [0, 0.05) is 5.92 Å². The molecule has 0 saturated heterocycles. The third-order valence-electron chi connectivity index (χ3n) is 5.14. The Morgan fingerprint density at radius 2 is 1.07 bits per heavy atom. The molecule has 0 N–H and O–H groups in total. The summed E-state index contributed by atoms with van der Waals surface area (Å²) in [5, 5.41) is 0. The van der Waals surface area contributed by atoms with Crippen LogP contribution in [-0.4, -0.2) is 0 Å². The van der Waals surface area contributed by atoms with Gasteiger partial charge < -0.3 is 37.2 Å². The molecule has 0 nitrogen and oxygen atoms in total. The van der Waals surface area contributed by atoms with Gasteiger partial charge in [0.15, 0.2) is 0 Å². The number of hydrogen-bond acceptors (Lipinski definition) is 0. The van der Waals surface area contributed by atoms with Gasteiger partial charge in [-0.1, -0.05) is 84.8 Å². The van der Waals surface area contributed by atoms with Crippen LogP contribution < -0.4 is 37.2 Å². The zero-order valence-electron chi connectivity index (χ0n) is 19.0. The molecule has 0 unspecified atom stereocenters. The fourth-order valence-corrected chi connectivity index (χ4v) is 4.31. The largest absolute Gasteiger partial charge is 4.00 e. The Hall–Kier alpha value is -0.496. The first-order valence-electron chi connectivity index (χ1n) is 9.63. The number of benzene rings is 2. The molecule has 3 rings (SSSR count). The molecule has 0 atom stereocenters. The first-order chi connectivity index (χ1) is 12.1. The second-order valence-corrected chi connectivity index (χ2v) is 8.94. The van der Waals surface area contributed by atoms with Crippen molar-refractivity contribution in [1.82, 2.24) is 0 Å². The second-order valence-electron chi connectivity index (χ2n) is 8.94. The van der Waals surface area contributed by atoms with Gasteiger partial charge in [-0.2, -0.15) is 11.6 Å². The Morgan fingerprint density at radius 3 is 1.40 bits per heavy atom. The summed E-state index contributed by atoms with van der Waals surface area (Å²) in [4.78, 5) is 0. The molecule has 0 heterocycles. The van der Waals surface area contributed by atoms with E-state index in [0.29, 0.717) is 0 Å². The average Bonchev–Trinajstić information content (AvgIpc) is 2.94. The van der Waals surface area contributed by atoms with Crippen molar-refractivity contribution >= 4 is 0 Å². The maximum Gasteiger partial charge on any atom is 4.00 e. The van der Waals surface area contributed by atoms with Gasteiger partial charge in [-0.3, -0.25) is 6.08 Å². The van der Waals surface area contributed by atoms with E-state index in [-0.39, 0.29) is 70.3 Å². The molecule has 0 spiro atoms. The smallest absolute Gasteiger partial charge is 1.00 e. The van der Waals surface area contributed by atoms with Crippen LogP contribution in [0, 0.1) is 39.2 Å². The monoisotopic (exact) mass is 496 g/mol. The van der Waals surface area contributed by atoms with Gasteiger partial charge in [-0.15, -0.1) is 6.42 Å². The summed E-state index contributed by atoms with van der Waals surface area (Å²) >= 11 is 0. The van der Waals surface area contributed by atoms with Crippen LogP contribution in [-0.2, 0) is 21.7 Å². The molecule has 0 aliphatic heterocycles. The molecule has 2 aromatic carbocycles. The summed E-state index contributed by atoms with van der Waals surface area (Å²) in [7, 11) is 0. The van der Waals surface area contributed by atoms with Crippen LogP contribution in [0.2, 0.25) is 0 Å². The van der Waals surface area contributed by atoms with Gasteiger partial charge >= 0.3 is 21.7 Å². The zero-order chi connectivity index (χ0) is 19.1. The van der Waals surface area contributed by atoms with E-state index in [0.717, 1.165) is 6.42 Å². The summed E-state index contributed by atoms with van der Waals surface area (Å²) in [6.07, 6.45) is 7.01. The molecule has 0 bridgehead atoms. The van der Waals surface area contributed by atoms with Gasteiger partial charge in [0.1, 0.15) is 0 Å². The van der Waals surface area contributed by atoms with Gasteiger partial charge in [0.2, 0.25) is 0 Å². The molecule has 30 heavy (non-hydrogen) atoms. The summed E-state index contributed by atoms with van der Waals surface area (Å²) in [5.41, 5.74) is 11.0. The third-order valence-corrected chi connectivity index (χ3v) is 5.14. The van der Waals surface area contributed by atoms with E-state index in [2.05, 4.69) is 97.0 Å². The fourth-order valence-electron chi connectivity index (χ4n) is 4.31. The van der Waals surface area contributed by atoms with Crippen LogP contribution in [0.3, 0.4) is 0 Å². The molecule has 1 aliphatic rings. The van der Waals surface area contributed by atoms with Crippen LogP contribution in [0.5, 0.6) is 0 Å². The Morgan fingerprint density at radius 1 is 0.700 bits per heavy atom. The number of allylic oxidation sites excluding steroid dienone is 4. The summed E-state index contributed by atoms with van der Waals surface area (Å²) in [6.45, 7) is 15.7. The van der Waals surface area contributed by atoms with Crippen LogP contribution in [0.4, 0.5) is 0 Å². The second kappa shape index (κ2) is 12.5. The number of halogens is 3. The predicted octanol–water partition coefficient (Wildman–Crippen LogP) is -1.83. The third kappa shape index (κ3) is 7.28. The predicted molar refractivity (Wildman–Crippen MR) is 113 cm³/mol. The Labute approximate surface area is 217 Å². The van der Waals surface area contributed by atoms with Crippen molar-refractivity contribution in [3.05, 3.63) is 93.1 Å². The minimum atomic E-state index is 0. The van der Waals surface area contributed by atoms with Crippen molar-refractivity contribution in [2.75, 3.05) is 0 Å². The van der Waals surface area contributed by atoms with Crippen molar-refractivity contribution in [3.63, 3.8) is 0 Å². The maximum atomic E-state index is 3.71. The molecular weight excluding hydrogens is 467 g/mol. The van der Waals surface area contributed by atoms with E-state index >= 15 is 0 Å². The van der Waals surface area contributed by atoms with E-state index in [4.69, 9.17) is 0 Å². The minimum Gasteiger partial charge on any atom is -1.00 e. The van der Waals surface area contributed by atoms with Crippen molar-refractivity contribution in [1.29, 1.82) is 0 Å². The van der Waals surface area contributed by atoms with Crippen molar-refractivity contribution in [2.24, 2.45) is 5.41 Å². The molecule has 2 aromatic rings. The summed E-state index contributed by atoms with van der Waals surface area (Å²) in [6, 6.07) is 13.9. The van der Waals surface area contributed by atoms with E-state index in [1.165, 1.54) is 44.5 Å². The molecular formula is C26H31Cl3Ti. The molecule has 0 saturated carbocycles. The van der Waals surface area contributed by atoms with Gasteiger partial charge in [-0.05, 0) is 38.8 Å². The molecule has 0 amide bonds. The van der Waals surface area contributed by atoms with Crippen LogP contribution in [0.1, 0.15) is 66.5 Å².